The van der Waals surface area contributed by atoms with Gasteiger partial charge in [-0.05, 0) is 87.1 Å². The van der Waals surface area contributed by atoms with Crippen molar-refractivity contribution in [1.82, 2.24) is 9.80 Å². The van der Waals surface area contributed by atoms with Crippen molar-refractivity contribution >= 4 is 38.3 Å². The molecule has 2 rings (SSSR count). The second-order valence-corrected chi connectivity index (χ2v) is 10.3. The van der Waals surface area contributed by atoms with Crippen molar-refractivity contribution < 1.29 is 8.42 Å². The summed E-state index contributed by atoms with van der Waals surface area (Å²) in [6.07, 6.45) is 0. The van der Waals surface area contributed by atoms with Gasteiger partial charge in [0.2, 0.25) is 0 Å². The first-order valence-corrected chi connectivity index (χ1v) is 11.9. The predicted molar refractivity (Wildman–Crippen MR) is 129 cm³/mol. The van der Waals surface area contributed by atoms with Crippen LogP contribution >= 0.6 is 22.6 Å². The van der Waals surface area contributed by atoms with E-state index in [1.165, 1.54) is 4.31 Å². The van der Waals surface area contributed by atoms with Crippen molar-refractivity contribution in [2.45, 2.75) is 11.8 Å². The molecule has 0 unspecified atom stereocenters. The highest BCUT2D eigenvalue weighted by Gasteiger charge is 2.24. The molecule has 0 spiro atoms. The van der Waals surface area contributed by atoms with Crippen molar-refractivity contribution in [2.75, 3.05) is 51.6 Å². The lowest BCUT2D eigenvalue weighted by atomic mass is 10.2. The minimum atomic E-state index is -3.70. The van der Waals surface area contributed by atoms with Gasteiger partial charge in [-0.3, -0.25) is 9.21 Å². The molecule has 0 aliphatic rings. The first-order chi connectivity index (χ1) is 13.7. The Labute approximate surface area is 188 Å². The third-order valence-electron chi connectivity index (χ3n) is 4.35. The highest BCUT2D eigenvalue weighted by Crippen LogP contribution is 2.24. The number of hydrogen-bond acceptors (Lipinski definition) is 4. The molecule has 0 atom stereocenters. The summed E-state index contributed by atoms with van der Waals surface area (Å²) < 4.78 is 29.0. The standard InChI is InChI=1S/C22H28IN3O2S/c1-19-7-13-22(14-8-19)29(27,28)26(21-11-9-20(23)10-12-21)16-6-5-15-25(4)18-17-24(2)3/h7-14H,15-18H2,1-4H3. The fraction of sp³-hybridized carbons (Fsp3) is 0.364. The number of rotatable bonds is 8. The van der Waals surface area contributed by atoms with Crippen LogP contribution in [0, 0.1) is 22.3 Å². The summed E-state index contributed by atoms with van der Waals surface area (Å²) in [7, 11) is 2.39. The average Bonchev–Trinajstić information content (AvgIpc) is 2.67. The number of likely N-dealkylation sites (N-methyl/N-ethyl adjacent to an activating group) is 2. The third kappa shape index (κ3) is 7.30. The Kier molecular flexibility index (Phi) is 8.96. The number of nitrogens with zero attached hydrogens (tertiary/aromatic N) is 3. The van der Waals surface area contributed by atoms with Gasteiger partial charge in [0.25, 0.3) is 10.0 Å². The summed E-state index contributed by atoms with van der Waals surface area (Å²) in [5.41, 5.74) is 1.63. The molecule has 0 N–H and O–H groups in total. The summed E-state index contributed by atoms with van der Waals surface area (Å²) in [5, 5.41) is 0. The zero-order valence-corrected chi connectivity index (χ0v) is 20.4. The van der Waals surface area contributed by atoms with Crippen LogP contribution in [0.25, 0.3) is 0 Å². The van der Waals surface area contributed by atoms with Crippen molar-refractivity contribution in [1.29, 1.82) is 0 Å². The fourth-order valence-electron chi connectivity index (χ4n) is 2.53. The zero-order chi connectivity index (χ0) is 21.4. The van der Waals surface area contributed by atoms with Gasteiger partial charge in [-0.1, -0.05) is 29.5 Å². The van der Waals surface area contributed by atoms with E-state index in [2.05, 4.69) is 44.2 Å². The first kappa shape index (κ1) is 23.7. The molecule has 0 aromatic heterocycles. The van der Waals surface area contributed by atoms with E-state index in [9.17, 15) is 8.42 Å². The largest absolute Gasteiger partial charge is 0.308 e. The summed E-state index contributed by atoms with van der Waals surface area (Å²) in [5.74, 6) is 6.15. The molecule has 0 amide bonds. The van der Waals surface area contributed by atoms with E-state index in [1.54, 1.807) is 12.1 Å². The molecule has 0 bridgehead atoms. The van der Waals surface area contributed by atoms with E-state index in [0.29, 0.717) is 12.2 Å². The van der Waals surface area contributed by atoms with Gasteiger partial charge in [-0.25, -0.2) is 8.42 Å². The summed E-state index contributed by atoms with van der Waals surface area (Å²) in [6.45, 7) is 4.50. The van der Waals surface area contributed by atoms with Crippen LogP contribution in [-0.4, -0.2) is 65.5 Å². The van der Waals surface area contributed by atoms with E-state index in [-0.39, 0.29) is 11.4 Å². The summed E-state index contributed by atoms with van der Waals surface area (Å²) in [6, 6.07) is 14.3. The van der Waals surface area contributed by atoms with Gasteiger partial charge >= 0.3 is 0 Å². The molecule has 0 aliphatic heterocycles. The molecule has 0 heterocycles. The molecule has 7 heteroatoms. The topological polar surface area (TPSA) is 43.9 Å². The Bertz CT molecular complexity index is 946. The number of sulfonamides is 1. The molecule has 156 valence electrons. The van der Waals surface area contributed by atoms with Crippen LogP contribution in [0.3, 0.4) is 0 Å². The molecule has 0 fully saturated rings. The Balaban J connectivity index is 2.22. The van der Waals surface area contributed by atoms with Gasteiger partial charge in [-0.2, -0.15) is 0 Å². The molecular formula is C22H28IN3O2S. The van der Waals surface area contributed by atoms with Crippen molar-refractivity contribution in [3.8, 4) is 11.8 Å². The summed E-state index contributed by atoms with van der Waals surface area (Å²) >= 11 is 2.21. The van der Waals surface area contributed by atoms with Gasteiger partial charge in [0.1, 0.15) is 0 Å². The molecule has 0 aliphatic carbocycles. The molecule has 0 saturated heterocycles. The second-order valence-electron chi connectivity index (χ2n) is 7.20. The van der Waals surface area contributed by atoms with Crippen molar-refractivity contribution in [2.24, 2.45) is 0 Å². The number of benzene rings is 2. The monoisotopic (exact) mass is 525 g/mol. The molecule has 0 saturated carbocycles. The van der Waals surface area contributed by atoms with Crippen molar-refractivity contribution in [3.63, 3.8) is 0 Å². The number of anilines is 1. The Hall–Kier alpha value is -1.60. The van der Waals surface area contributed by atoms with E-state index >= 15 is 0 Å². The number of halogens is 1. The zero-order valence-electron chi connectivity index (χ0n) is 17.4. The van der Waals surface area contributed by atoms with E-state index in [4.69, 9.17) is 0 Å². The maximum Gasteiger partial charge on any atom is 0.265 e. The molecule has 5 nitrogen and oxygen atoms in total. The van der Waals surface area contributed by atoms with Crippen LogP contribution in [0.1, 0.15) is 5.56 Å². The van der Waals surface area contributed by atoms with Gasteiger partial charge in [0.05, 0.1) is 23.7 Å². The fourth-order valence-corrected chi connectivity index (χ4v) is 4.26. The first-order valence-electron chi connectivity index (χ1n) is 9.34. The minimum absolute atomic E-state index is 0.109. The Morgan fingerprint density at radius 3 is 2.03 bits per heavy atom. The quantitative estimate of drug-likeness (QED) is 0.392. The van der Waals surface area contributed by atoms with Crippen LogP contribution < -0.4 is 4.31 Å². The lowest BCUT2D eigenvalue weighted by molar-refractivity contribution is 0.305. The molecular weight excluding hydrogens is 497 g/mol. The normalized spacial score (nSPS) is 11.4. The Morgan fingerprint density at radius 1 is 0.862 bits per heavy atom. The van der Waals surface area contributed by atoms with Crippen molar-refractivity contribution in [3.05, 3.63) is 57.7 Å². The molecule has 2 aromatic carbocycles. The lowest BCUT2D eigenvalue weighted by Gasteiger charge is -2.22. The average molecular weight is 525 g/mol. The van der Waals surface area contributed by atoms with Gasteiger partial charge in [-0.15, -0.1) is 0 Å². The molecule has 29 heavy (non-hydrogen) atoms. The third-order valence-corrected chi connectivity index (χ3v) is 6.86. The Morgan fingerprint density at radius 2 is 1.45 bits per heavy atom. The number of hydrogen-bond donors (Lipinski definition) is 0. The maximum absolute atomic E-state index is 13.3. The van der Waals surface area contributed by atoms with Gasteiger partial charge in [0, 0.05) is 16.7 Å². The van der Waals surface area contributed by atoms with Gasteiger partial charge < -0.3 is 4.90 Å². The molecule has 0 radical (unpaired) electrons. The highest BCUT2D eigenvalue weighted by atomic mass is 127. The van der Waals surface area contributed by atoms with Crippen LogP contribution in [0.5, 0.6) is 0 Å². The lowest BCUT2D eigenvalue weighted by Crippen LogP contribution is -2.32. The number of aryl methyl sites for hydroxylation is 1. The minimum Gasteiger partial charge on any atom is -0.308 e. The predicted octanol–water partition coefficient (Wildman–Crippen LogP) is 3.29. The summed E-state index contributed by atoms with van der Waals surface area (Å²) in [4.78, 5) is 4.51. The smallest absolute Gasteiger partial charge is 0.265 e. The second kappa shape index (κ2) is 11.0. The highest BCUT2D eigenvalue weighted by molar-refractivity contribution is 14.1. The van der Waals surface area contributed by atoms with Crippen LogP contribution in [0.15, 0.2) is 53.4 Å². The SMILES string of the molecule is Cc1ccc(S(=O)(=O)N(CC#CCN(C)CCN(C)C)c2ccc(I)cc2)cc1. The van der Waals surface area contributed by atoms with E-state index in [1.807, 2.05) is 64.5 Å². The van der Waals surface area contributed by atoms with Crippen LogP contribution in [-0.2, 0) is 10.0 Å². The maximum atomic E-state index is 13.3. The van der Waals surface area contributed by atoms with Crippen LogP contribution in [0.4, 0.5) is 5.69 Å². The van der Waals surface area contributed by atoms with Gasteiger partial charge in [0.15, 0.2) is 0 Å². The van der Waals surface area contributed by atoms with Crippen LogP contribution in [0.2, 0.25) is 0 Å². The molecule has 2 aromatic rings. The van der Waals surface area contributed by atoms with E-state index < -0.39 is 10.0 Å². The van der Waals surface area contributed by atoms with E-state index in [0.717, 1.165) is 22.2 Å².